The minimum Gasteiger partial charge on any atom is -0.407 e. The van der Waals surface area contributed by atoms with Crippen LogP contribution in [0.1, 0.15) is 33.4 Å². The number of nitrogens with zero attached hydrogens (tertiary/aromatic N) is 2. The molecule has 1 aliphatic heterocycles. The molecule has 1 unspecified atom stereocenters. The van der Waals surface area contributed by atoms with Gasteiger partial charge in [0.15, 0.2) is 20.4 Å². The molecule has 8 heteroatoms. The van der Waals surface area contributed by atoms with Gasteiger partial charge in [0.2, 0.25) is 0 Å². The second-order valence-electron chi connectivity index (χ2n) is 7.24. The van der Waals surface area contributed by atoms with Gasteiger partial charge in [-0.25, -0.2) is 4.79 Å². The number of rotatable bonds is 5. The lowest BCUT2D eigenvalue weighted by molar-refractivity contribution is -0.0778. The molecule has 1 aliphatic rings. The summed E-state index contributed by atoms with van der Waals surface area (Å²) in [5.41, 5.74) is 0.794. The maximum Gasteiger partial charge on any atom is 0.351 e. The molecular formula is C15H27N3O4Si. The van der Waals surface area contributed by atoms with E-state index in [1.54, 1.807) is 6.20 Å². The highest BCUT2D eigenvalue weighted by Gasteiger charge is 2.54. The second kappa shape index (κ2) is 6.35. The molecule has 1 aromatic rings. The predicted molar refractivity (Wildman–Crippen MR) is 90.1 cm³/mol. The average Bonchev–Trinajstić information content (AvgIpc) is 2.69. The van der Waals surface area contributed by atoms with Gasteiger partial charge in [-0.1, -0.05) is 13.8 Å². The van der Waals surface area contributed by atoms with Gasteiger partial charge in [0.25, 0.3) is 0 Å². The monoisotopic (exact) mass is 341 g/mol. The van der Waals surface area contributed by atoms with Gasteiger partial charge < -0.3 is 9.16 Å². The Morgan fingerprint density at radius 1 is 1.52 bits per heavy atom. The highest BCUT2D eigenvalue weighted by molar-refractivity contribution is 6.69. The molecule has 2 heterocycles. The number of aromatic nitrogens is 2. The Kier molecular flexibility index (Phi) is 5.00. The van der Waals surface area contributed by atoms with Crippen molar-refractivity contribution >= 4 is 14.1 Å². The highest BCUT2D eigenvalue weighted by Crippen LogP contribution is 2.46. The summed E-state index contributed by atoms with van der Waals surface area (Å²) in [4.78, 5) is 16.1. The fourth-order valence-electron chi connectivity index (χ4n) is 3.26. The fourth-order valence-corrected chi connectivity index (χ4v) is 4.87. The summed E-state index contributed by atoms with van der Waals surface area (Å²) in [6, 6.07) is 1.53. The van der Waals surface area contributed by atoms with E-state index in [1.807, 2.05) is 12.4 Å². The van der Waals surface area contributed by atoms with Crippen LogP contribution >= 0.6 is 0 Å². The van der Waals surface area contributed by atoms with Gasteiger partial charge in [0.1, 0.15) is 5.60 Å². The molecule has 0 radical (unpaired) electrons. The predicted octanol–water partition coefficient (Wildman–Crippen LogP) is 2.60. The molecule has 1 fully saturated rings. The van der Waals surface area contributed by atoms with E-state index in [4.69, 9.17) is 14.4 Å². The van der Waals surface area contributed by atoms with E-state index in [1.165, 1.54) is 10.6 Å². The van der Waals surface area contributed by atoms with Gasteiger partial charge in [-0.3, -0.25) is 15.3 Å². The number of hydrogen-bond donors (Lipinski definition) is 2. The first-order valence-corrected chi connectivity index (χ1v) is 11.4. The van der Waals surface area contributed by atoms with Crippen LogP contribution in [0.2, 0.25) is 19.6 Å². The summed E-state index contributed by atoms with van der Waals surface area (Å²) in [5, 5.41) is 8.88. The molecule has 0 aliphatic carbocycles. The van der Waals surface area contributed by atoms with E-state index in [0.29, 0.717) is 0 Å². The molecule has 1 aromatic heterocycles. The number of anilines is 1. The van der Waals surface area contributed by atoms with Crippen molar-refractivity contribution in [3.63, 3.8) is 0 Å². The number of ether oxygens (including phenoxy) is 1. The van der Waals surface area contributed by atoms with E-state index >= 15 is 0 Å². The van der Waals surface area contributed by atoms with E-state index in [2.05, 4.69) is 38.5 Å². The Morgan fingerprint density at radius 2 is 2.17 bits per heavy atom. The van der Waals surface area contributed by atoms with E-state index in [-0.39, 0.29) is 17.8 Å². The van der Waals surface area contributed by atoms with Gasteiger partial charge >= 0.3 is 5.69 Å². The minimum atomic E-state index is -1.86. The molecule has 4 atom stereocenters. The van der Waals surface area contributed by atoms with Crippen molar-refractivity contribution < 1.29 is 14.4 Å². The van der Waals surface area contributed by atoms with Crippen LogP contribution in [0.5, 0.6) is 0 Å². The van der Waals surface area contributed by atoms with Crippen molar-refractivity contribution in [2.24, 2.45) is 5.92 Å². The zero-order valence-corrected chi connectivity index (χ0v) is 15.7. The van der Waals surface area contributed by atoms with Gasteiger partial charge in [0.05, 0.1) is 6.10 Å². The van der Waals surface area contributed by atoms with Crippen molar-refractivity contribution in [2.75, 3.05) is 5.48 Å². The maximum absolute atomic E-state index is 12.3. The Morgan fingerprint density at radius 3 is 2.65 bits per heavy atom. The molecular weight excluding hydrogens is 314 g/mol. The van der Waals surface area contributed by atoms with Crippen molar-refractivity contribution in [1.29, 1.82) is 0 Å². The van der Waals surface area contributed by atoms with Crippen molar-refractivity contribution in [1.82, 2.24) is 9.55 Å². The zero-order valence-electron chi connectivity index (χ0n) is 14.7. The highest BCUT2D eigenvalue weighted by atomic mass is 28.4. The molecule has 1 saturated heterocycles. The van der Waals surface area contributed by atoms with Gasteiger partial charge in [-0.2, -0.15) is 4.98 Å². The summed E-state index contributed by atoms with van der Waals surface area (Å²) in [6.45, 7) is 12.6. The summed E-state index contributed by atoms with van der Waals surface area (Å²) < 4.78 is 14.1. The smallest absolute Gasteiger partial charge is 0.351 e. The van der Waals surface area contributed by atoms with Gasteiger partial charge in [-0.05, 0) is 39.1 Å². The van der Waals surface area contributed by atoms with Crippen LogP contribution in [-0.4, -0.2) is 34.8 Å². The molecule has 0 amide bonds. The quantitative estimate of drug-likeness (QED) is 0.632. The molecule has 2 rings (SSSR count). The topological polar surface area (TPSA) is 85.6 Å². The molecule has 0 saturated carbocycles. The Hall–Kier alpha value is -1.22. The lowest BCUT2D eigenvalue weighted by atomic mass is 9.87. The van der Waals surface area contributed by atoms with Crippen molar-refractivity contribution in [3.8, 4) is 0 Å². The van der Waals surface area contributed by atoms with E-state index < -0.39 is 25.8 Å². The molecule has 0 bridgehead atoms. The Labute approximate surface area is 137 Å². The van der Waals surface area contributed by atoms with Crippen LogP contribution in [0.4, 0.5) is 5.82 Å². The van der Waals surface area contributed by atoms with Crippen LogP contribution in [0.3, 0.4) is 0 Å². The third kappa shape index (κ3) is 3.50. The number of nitrogens with one attached hydrogen (secondary N) is 1. The molecule has 23 heavy (non-hydrogen) atoms. The first-order chi connectivity index (χ1) is 10.6. The summed E-state index contributed by atoms with van der Waals surface area (Å²) in [7, 11) is -1.86. The van der Waals surface area contributed by atoms with Crippen LogP contribution in [-0.2, 0) is 9.16 Å². The average molecular weight is 341 g/mol. The van der Waals surface area contributed by atoms with Crippen LogP contribution in [0.15, 0.2) is 17.1 Å². The molecule has 0 spiro atoms. The standard InChI is InChI=1S/C15H27N3O4Si/c1-7-11-10(2)15(3,22-23(4,5)6)13(21-11)18-9-8-12(17-20)16-14(18)19/h8-11,13,20H,7H2,1-6H3,(H,16,17,19)/t10-,11+,13+,15?/m0/s1. The van der Waals surface area contributed by atoms with Gasteiger partial charge in [-0.15, -0.1) is 0 Å². The van der Waals surface area contributed by atoms with E-state index in [9.17, 15) is 4.79 Å². The molecule has 7 nitrogen and oxygen atoms in total. The SMILES string of the molecule is CC[C@H]1O[C@@H](n2ccc(NO)nc2=O)C(C)(O[Si](C)(C)C)[C@H]1C. The largest absolute Gasteiger partial charge is 0.407 e. The second-order valence-corrected chi connectivity index (χ2v) is 11.7. The van der Waals surface area contributed by atoms with Crippen molar-refractivity contribution in [3.05, 3.63) is 22.7 Å². The summed E-state index contributed by atoms with van der Waals surface area (Å²) in [5.74, 6) is 0.254. The summed E-state index contributed by atoms with van der Waals surface area (Å²) in [6.07, 6.45) is 1.90. The zero-order chi connectivity index (χ0) is 17.4. The lowest BCUT2D eigenvalue weighted by Gasteiger charge is -2.39. The third-order valence-electron chi connectivity index (χ3n) is 4.38. The maximum atomic E-state index is 12.3. The minimum absolute atomic E-state index is 0.0175. The molecule has 130 valence electrons. The van der Waals surface area contributed by atoms with Crippen LogP contribution in [0.25, 0.3) is 0 Å². The van der Waals surface area contributed by atoms with Crippen LogP contribution < -0.4 is 11.2 Å². The van der Waals surface area contributed by atoms with Crippen LogP contribution in [0, 0.1) is 5.92 Å². The van der Waals surface area contributed by atoms with E-state index in [0.717, 1.165) is 6.42 Å². The Bertz CT molecular complexity index is 615. The number of hydrogen-bond acceptors (Lipinski definition) is 6. The molecule has 2 N–H and O–H groups in total. The third-order valence-corrected chi connectivity index (χ3v) is 5.43. The van der Waals surface area contributed by atoms with Crippen molar-refractivity contribution in [2.45, 2.75) is 64.8 Å². The lowest BCUT2D eigenvalue weighted by Crippen LogP contribution is -2.49. The first kappa shape index (κ1) is 18.1. The molecule has 0 aromatic carbocycles. The first-order valence-electron chi connectivity index (χ1n) is 7.97. The Balaban J connectivity index is 2.47. The summed E-state index contributed by atoms with van der Waals surface area (Å²) >= 11 is 0. The fraction of sp³-hybridized carbons (Fsp3) is 0.733. The van der Waals surface area contributed by atoms with Gasteiger partial charge in [0, 0.05) is 12.1 Å². The normalized spacial score (nSPS) is 31.3.